The molecule has 1 aromatic rings. The van der Waals surface area contributed by atoms with E-state index in [1.807, 2.05) is 19.3 Å². The fourth-order valence-electron chi connectivity index (χ4n) is 1.91. The number of halogens is 1. The van der Waals surface area contributed by atoms with Crippen molar-refractivity contribution in [2.75, 3.05) is 0 Å². The molecule has 1 aromatic heterocycles. The van der Waals surface area contributed by atoms with Crippen LogP contribution in [0.4, 0.5) is 4.39 Å². The van der Waals surface area contributed by atoms with E-state index in [1.54, 1.807) is 4.68 Å². The molecular weight excluding hydrogens is 169 g/mol. The molecular formula is C9H14FN3. The number of nitrogens with two attached hydrogens (primary N) is 1. The molecule has 2 N–H and O–H groups in total. The van der Waals surface area contributed by atoms with Crippen molar-refractivity contribution in [2.45, 2.75) is 31.0 Å². The molecule has 0 radical (unpaired) electrons. The molecule has 0 amide bonds. The molecule has 2 rings (SSSR count). The predicted molar refractivity (Wildman–Crippen MR) is 48.0 cm³/mol. The lowest BCUT2D eigenvalue weighted by Crippen LogP contribution is -2.49. The van der Waals surface area contributed by atoms with Crippen LogP contribution in [-0.4, -0.2) is 21.5 Å². The third kappa shape index (κ3) is 1.72. The quantitative estimate of drug-likeness (QED) is 0.736. The predicted octanol–water partition coefficient (Wildman–Crippen LogP) is 0.792. The number of alkyl halides is 1. The van der Waals surface area contributed by atoms with Gasteiger partial charge in [-0.05, 0) is 18.9 Å². The fraction of sp³-hybridized carbons (Fsp3) is 0.667. The topological polar surface area (TPSA) is 43.8 Å². The first-order chi connectivity index (χ1) is 6.07. The third-order valence-electron chi connectivity index (χ3n) is 2.52. The summed E-state index contributed by atoms with van der Waals surface area (Å²) in [5.74, 6) is 0. The molecule has 13 heavy (non-hydrogen) atoms. The number of nitrogens with zero attached hydrogens (tertiary/aromatic N) is 2. The van der Waals surface area contributed by atoms with Gasteiger partial charge in [0, 0.05) is 25.7 Å². The molecule has 0 bridgehead atoms. The zero-order valence-electron chi connectivity index (χ0n) is 7.70. The van der Waals surface area contributed by atoms with Crippen molar-refractivity contribution in [3.63, 3.8) is 0 Å². The third-order valence-corrected chi connectivity index (χ3v) is 2.52. The lowest BCUT2D eigenvalue weighted by atomic mass is 9.75. The summed E-state index contributed by atoms with van der Waals surface area (Å²) in [5.41, 5.74) is 5.27. The Kier molecular flexibility index (Phi) is 1.87. The maximum atomic E-state index is 13.7. The highest BCUT2D eigenvalue weighted by Crippen LogP contribution is 2.37. The van der Waals surface area contributed by atoms with Crippen molar-refractivity contribution < 1.29 is 4.39 Å². The van der Waals surface area contributed by atoms with Crippen molar-refractivity contribution in [1.82, 2.24) is 9.78 Å². The number of rotatable bonds is 2. The van der Waals surface area contributed by atoms with Crippen LogP contribution in [0.25, 0.3) is 0 Å². The van der Waals surface area contributed by atoms with E-state index in [9.17, 15) is 4.39 Å². The molecule has 0 spiro atoms. The van der Waals surface area contributed by atoms with Gasteiger partial charge in [0.1, 0.15) is 5.67 Å². The van der Waals surface area contributed by atoms with Crippen LogP contribution in [0, 0.1) is 0 Å². The van der Waals surface area contributed by atoms with Crippen molar-refractivity contribution in [2.24, 2.45) is 12.8 Å². The van der Waals surface area contributed by atoms with Gasteiger partial charge in [-0.2, -0.15) is 5.10 Å². The number of aryl methyl sites for hydroxylation is 1. The molecule has 4 heteroatoms. The van der Waals surface area contributed by atoms with Crippen LogP contribution in [0.3, 0.4) is 0 Å². The molecule has 0 aromatic carbocycles. The molecule has 0 aliphatic heterocycles. The highest BCUT2D eigenvalue weighted by molar-refractivity contribution is 5.09. The van der Waals surface area contributed by atoms with Gasteiger partial charge < -0.3 is 5.73 Å². The van der Waals surface area contributed by atoms with Gasteiger partial charge in [0.15, 0.2) is 0 Å². The van der Waals surface area contributed by atoms with Crippen molar-refractivity contribution >= 4 is 0 Å². The molecule has 1 saturated carbocycles. The Morgan fingerprint density at radius 1 is 1.77 bits per heavy atom. The Hall–Kier alpha value is -0.900. The first kappa shape index (κ1) is 8.69. The summed E-state index contributed by atoms with van der Waals surface area (Å²) in [6, 6.07) is 1.90. The van der Waals surface area contributed by atoms with Gasteiger partial charge >= 0.3 is 0 Å². The fourth-order valence-corrected chi connectivity index (χ4v) is 1.91. The number of aromatic nitrogens is 2. The van der Waals surface area contributed by atoms with Crippen LogP contribution in [0.1, 0.15) is 18.5 Å². The summed E-state index contributed by atoms with van der Waals surface area (Å²) in [6.45, 7) is 0. The molecule has 0 atom stereocenters. The van der Waals surface area contributed by atoms with E-state index in [-0.39, 0.29) is 6.04 Å². The zero-order valence-corrected chi connectivity index (χ0v) is 7.70. The van der Waals surface area contributed by atoms with Crippen LogP contribution in [0.15, 0.2) is 12.3 Å². The van der Waals surface area contributed by atoms with Crippen LogP contribution in [0.5, 0.6) is 0 Å². The second kappa shape index (κ2) is 2.80. The first-order valence-electron chi connectivity index (χ1n) is 4.50. The Labute approximate surface area is 76.7 Å². The van der Waals surface area contributed by atoms with Crippen molar-refractivity contribution in [3.8, 4) is 0 Å². The summed E-state index contributed by atoms with van der Waals surface area (Å²) < 4.78 is 15.4. The van der Waals surface area contributed by atoms with E-state index in [0.717, 1.165) is 5.69 Å². The molecule has 0 saturated heterocycles. The van der Waals surface area contributed by atoms with Gasteiger partial charge in [-0.3, -0.25) is 4.68 Å². The van der Waals surface area contributed by atoms with E-state index in [2.05, 4.69) is 5.10 Å². The maximum absolute atomic E-state index is 13.7. The van der Waals surface area contributed by atoms with Gasteiger partial charge in [0.25, 0.3) is 0 Å². The van der Waals surface area contributed by atoms with Crippen LogP contribution in [0.2, 0.25) is 0 Å². The average Bonchev–Trinajstić information content (AvgIpc) is 2.32. The SMILES string of the molecule is Cn1ccc(CC2(F)CC(N)C2)n1. The summed E-state index contributed by atoms with van der Waals surface area (Å²) >= 11 is 0. The van der Waals surface area contributed by atoms with Crippen LogP contribution < -0.4 is 5.73 Å². The van der Waals surface area contributed by atoms with Crippen molar-refractivity contribution in [1.29, 1.82) is 0 Å². The lowest BCUT2D eigenvalue weighted by molar-refractivity contribution is 0.0434. The number of hydrogen-bond acceptors (Lipinski definition) is 2. The van der Waals surface area contributed by atoms with E-state index in [4.69, 9.17) is 5.73 Å². The Morgan fingerprint density at radius 3 is 2.92 bits per heavy atom. The molecule has 0 unspecified atom stereocenters. The number of hydrogen-bond donors (Lipinski definition) is 1. The minimum Gasteiger partial charge on any atom is -0.327 e. The highest BCUT2D eigenvalue weighted by atomic mass is 19.1. The maximum Gasteiger partial charge on any atom is 0.119 e. The van der Waals surface area contributed by atoms with E-state index < -0.39 is 5.67 Å². The molecule has 1 aliphatic carbocycles. The summed E-state index contributed by atoms with van der Waals surface area (Å²) in [4.78, 5) is 0. The van der Waals surface area contributed by atoms with E-state index in [1.165, 1.54) is 0 Å². The standard InChI is InChI=1S/C9H14FN3/c1-13-3-2-8(12-13)6-9(10)4-7(11)5-9/h2-3,7H,4-6,11H2,1H3. The van der Waals surface area contributed by atoms with E-state index >= 15 is 0 Å². The zero-order chi connectivity index (χ0) is 9.47. The van der Waals surface area contributed by atoms with Gasteiger partial charge in [-0.1, -0.05) is 0 Å². The second-order valence-corrected chi connectivity index (χ2v) is 3.98. The Bertz CT molecular complexity index is 302. The highest BCUT2D eigenvalue weighted by Gasteiger charge is 2.43. The molecule has 1 aliphatic rings. The smallest absolute Gasteiger partial charge is 0.119 e. The molecule has 3 nitrogen and oxygen atoms in total. The normalized spacial score (nSPS) is 33.0. The monoisotopic (exact) mass is 183 g/mol. The molecule has 1 fully saturated rings. The lowest BCUT2D eigenvalue weighted by Gasteiger charge is -2.38. The van der Waals surface area contributed by atoms with Gasteiger partial charge in [0.05, 0.1) is 5.69 Å². The summed E-state index contributed by atoms with van der Waals surface area (Å²) in [6.07, 6.45) is 3.19. The van der Waals surface area contributed by atoms with E-state index in [0.29, 0.717) is 19.3 Å². The largest absolute Gasteiger partial charge is 0.327 e. The van der Waals surface area contributed by atoms with Gasteiger partial charge in [-0.15, -0.1) is 0 Å². The molecule has 72 valence electrons. The Morgan fingerprint density at radius 2 is 2.46 bits per heavy atom. The molecule has 1 heterocycles. The average molecular weight is 183 g/mol. The van der Waals surface area contributed by atoms with Crippen molar-refractivity contribution in [3.05, 3.63) is 18.0 Å². The van der Waals surface area contributed by atoms with Gasteiger partial charge in [0.2, 0.25) is 0 Å². The minimum absolute atomic E-state index is 0.0497. The van der Waals surface area contributed by atoms with Crippen LogP contribution >= 0.6 is 0 Å². The Balaban J connectivity index is 1.99. The van der Waals surface area contributed by atoms with Crippen LogP contribution in [-0.2, 0) is 13.5 Å². The van der Waals surface area contributed by atoms with Gasteiger partial charge in [-0.25, -0.2) is 4.39 Å². The summed E-state index contributed by atoms with van der Waals surface area (Å²) in [7, 11) is 1.83. The first-order valence-corrected chi connectivity index (χ1v) is 4.50. The second-order valence-electron chi connectivity index (χ2n) is 3.98. The summed E-state index contributed by atoms with van der Waals surface area (Å²) in [5, 5.41) is 4.14. The minimum atomic E-state index is -1.09.